The Morgan fingerprint density at radius 1 is 1.00 bits per heavy atom. The predicted molar refractivity (Wildman–Crippen MR) is 132 cm³/mol. The number of aryl methyl sites for hydroxylation is 1. The van der Waals surface area contributed by atoms with Gasteiger partial charge in [-0.3, -0.25) is 9.59 Å². The normalized spacial score (nSPS) is 18.7. The number of methoxy groups -OCH3 is 1. The second-order valence-electron chi connectivity index (χ2n) is 8.87. The molecule has 1 aliphatic heterocycles. The van der Waals surface area contributed by atoms with Crippen LogP contribution in [0.1, 0.15) is 58.4 Å². The number of ether oxygens (including phenoxy) is 1. The molecule has 6 nitrogen and oxygen atoms in total. The van der Waals surface area contributed by atoms with Crippen molar-refractivity contribution in [3.8, 4) is 5.75 Å². The quantitative estimate of drug-likeness (QED) is 0.548. The van der Waals surface area contributed by atoms with E-state index < -0.39 is 12.1 Å². The minimum atomic E-state index is -0.761. The third-order valence-electron chi connectivity index (χ3n) is 6.09. The van der Waals surface area contributed by atoms with Crippen molar-refractivity contribution in [1.82, 2.24) is 10.7 Å². The van der Waals surface area contributed by atoms with Gasteiger partial charge < -0.3 is 10.1 Å². The van der Waals surface area contributed by atoms with Gasteiger partial charge in [0.2, 0.25) is 12.3 Å². The lowest BCUT2D eigenvalue weighted by atomic mass is 9.98. The number of hydrogen-bond acceptors (Lipinski definition) is 3. The highest BCUT2D eigenvalue weighted by Gasteiger charge is 2.47. The van der Waals surface area contributed by atoms with Crippen LogP contribution >= 0.6 is 0 Å². The summed E-state index contributed by atoms with van der Waals surface area (Å²) in [6.45, 7) is 6.33. The van der Waals surface area contributed by atoms with Crippen molar-refractivity contribution in [2.75, 3.05) is 7.11 Å². The van der Waals surface area contributed by atoms with E-state index in [9.17, 15) is 9.59 Å². The molecule has 2 atom stereocenters. The molecular formula is C28H30N3O3+. The first-order valence-corrected chi connectivity index (χ1v) is 11.4. The van der Waals surface area contributed by atoms with E-state index in [0.717, 1.165) is 16.7 Å². The lowest BCUT2D eigenvalue weighted by Crippen LogP contribution is -2.42. The van der Waals surface area contributed by atoms with E-state index >= 15 is 0 Å². The predicted octanol–water partition coefficient (Wildman–Crippen LogP) is 4.14. The average molecular weight is 457 g/mol. The molecule has 0 aliphatic carbocycles. The fourth-order valence-electron chi connectivity index (χ4n) is 4.04. The van der Waals surface area contributed by atoms with Crippen molar-refractivity contribution in [3.05, 3.63) is 101 Å². The molecule has 0 radical (unpaired) electrons. The highest BCUT2D eigenvalue weighted by atomic mass is 16.5. The molecule has 1 fully saturated rings. The zero-order chi connectivity index (χ0) is 24.2. The van der Waals surface area contributed by atoms with Gasteiger partial charge in [0.1, 0.15) is 5.75 Å². The molecule has 2 N–H and O–H groups in total. The van der Waals surface area contributed by atoms with Crippen LogP contribution in [0.2, 0.25) is 0 Å². The summed E-state index contributed by atoms with van der Waals surface area (Å²) in [6.07, 6.45) is 1.91. The molecule has 3 aromatic rings. The molecule has 0 unspecified atom stereocenters. The second-order valence-corrected chi connectivity index (χ2v) is 8.87. The van der Waals surface area contributed by atoms with Crippen LogP contribution in [0.5, 0.6) is 5.75 Å². The van der Waals surface area contributed by atoms with E-state index in [0.29, 0.717) is 17.2 Å². The average Bonchev–Trinajstić information content (AvgIpc) is 3.14. The van der Waals surface area contributed by atoms with Crippen LogP contribution in [0, 0.1) is 6.92 Å². The van der Waals surface area contributed by atoms with Gasteiger partial charge in [0.25, 0.3) is 5.91 Å². The Kier molecular flexibility index (Phi) is 6.77. The molecule has 0 aromatic heterocycles. The summed E-state index contributed by atoms with van der Waals surface area (Å²) >= 11 is 0. The Morgan fingerprint density at radius 2 is 1.65 bits per heavy atom. The minimum absolute atomic E-state index is 0.262. The number of benzene rings is 3. The summed E-state index contributed by atoms with van der Waals surface area (Å²) in [7, 11) is 1.57. The number of hydrogen-bond donors (Lipinski definition) is 2. The van der Waals surface area contributed by atoms with Gasteiger partial charge >= 0.3 is 5.91 Å². The lowest BCUT2D eigenvalue weighted by Gasteiger charge is -2.15. The molecule has 1 aliphatic rings. The summed E-state index contributed by atoms with van der Waals surface area (Å²) in [5.41, 5.74) is 7.66. The Morgan fingerprint density at radius 3 is 2.24 bits per heavy atom. The molecule has 0 spiro atoms. The third-order valence-corrected chi connectivity index (χ3v) is 6.09. The van der Waals surface area contributed by atoms with Crippen molar-refractivity contribution in [2.45, 2.75) is 38.8 Å². The first-order valence-electron chi connectivity index (χ1n) is 11.4. The van der Waals surface area contributed by atoms with E-state index in [1.165, 1.54) is 5.56 Å². The number of nitrogens with zero attached hydrogens (tertiary/aromatic N) is 1. The van der Waals surface area contributed by atoms with Gasteiger partial charge in [-0.15, -0.1) is 10.1 Å². The van der Waals surface area contributed by atoms with Crippen molar-refractivity contribution in [2.24, 2.45) is 0 Å². The topological polar surface area (TPSA) is 70.4 Å². The number of carbonyl (C=O) groups is 2. The Bertz CT molecular complexity index is 1200. The fourth-order valence-corrected chi connectivity index (χ4v) is 4.04. The Hall–Kier alpha value is -3.93. The number of carbonyl (C=O) groups excluding carboxylic acids is 2. The van der Waals surface area contributed by atoms with Crippen LogP contribution in [-0.2, 0) is 4.79 Å². The maximum atomic E-state index is 13.0. The molecule has 0 saturated carbocycles. The summed E-state index contributed by atoms with van der Waals surface area (Å²) in [5.74, 6) is 0.529. The van der Waals surface area contributed by atoms with E-state index in [2.05, 4.69) is 36.7 Å². The van der Waals surface area contributed by atoms with Crippen LogP contribution in [-0.4, -0.2) is 35.9 Å². The number of amides is 2. The van der Waals surface area contributed by atoms with Crippen molar-refractivity contribution >= 4 is 18.0 Å². The van der Waals surface area contributed by atoms with Gasteiger partial charge in [0.15, 0.2) is 6.04 Å². The SMILES string of the molecule is COc1ccc(C(=O)N[C@H]2C(=O)N/[N+](=C\c3ccc(C(C)C)cc3)[C@@H]2c2ccc(C)cc2)cc1. The molecule has 6 heteroatoms. The molecule has 1 saturated heterocycles. The number of nitrogens with one attached hydrogen (secondary N) is 2. The van der Waals surface area contributed by atoms with Gasteiger partial charge in [0, 0.05) is 16.7 Å². The highest BCUT2D eigenvalue weighted by Crippen LogP contribution is 2.26. The summed E-state index contributed by atoms with van der Waals surface area (Å²) in [6, 6.07) is 21.9. The zero-order valence-electron chi connectivity index (χ0n) is 19.9. The van der Waals surface area contributed by atoms with E-state index in [1.807, 2.05) is 49.5 Å². The van der Waals surface area contributed by atoms with Gasteiger partial charge in [-0.1, -0.05) is 55.8 Å². The summed E-state index contributed by atoms with van der Waals surface area (Å²) < 4.78 is 6.96. The number of hydrazone groups is 1. The van der Waals surface area contributed by atoms with Crippen LogP contribution in [0.4, 0.5) is 0 Å². The molecule has 0 bridgehead atoms. The molecule has 174 valence electrons. The van der Waals surface area contributed by atoms with Gasteiger partial charge in [0.05, 0.1) is 7.11 Å². The van der Waals surface area contributed by atoms with Crippen LogP contribution in [0.15, 0.2) is 72.8 Å². The molecule has 34 heavy (non-hydrogen) atoms. The summed E-state index contributed by atoms with van der Waals surface area (Å²) in [4.78, 5) is 26.0. The lowest BCUT2D eigenvalue weighted by molar-refractivity contribution is -0.596. The monoisotopic (exact) mass is 456 g/mol. The minimum Gasteiger partial charge on any atom is -0.497 e. The number of rotatable bonds is 6. The molecule has 3 aromatic carbocycles. The third kappa shape index (κ3) is 5.01. The van der Waals surface area contributed by atoms with Crippen molar-refractivity contribution in [1.29, 1.82) is 0 Å². The smallest absolute Gasteiger partial charge is 0.304 e. The summed E-state index contributed by atoms with van der Waals surface area (Å²) in [5, 5.41) is 2.93. The molecular weight excluding hydrogens is 426 g/mol. The standard InChI is InChI=1S/C28H29N3O3/c1-18(2)21-11-7-20(8-12-21)17-31-26(22-9-5-19(3)6-10-22)25(28(33)30-31)29-27(32)23-13-15-24(34-4)16-14-23/h5-18,25-26H,1-4H3,(H-,29,30,32,33)/p+1/b31-17-/t25-,26-/m1/s1. The maximum Gasteiger partial charge on any atom is 0.304 e. The first-order chi connectivity index (χ1) is 16.4. The van der Waals surface area contributed by atoms with E-state index in [1.54, 1.807) is 36.1 Å². The van der Waals surface area contributed by atoms with Crippen molar-refractivity contribution < 1.29 is 19.0 Å². The first kappa shape index (κ1) is 23.2. The van der Waals surface area contributed by atoms with Crippen LogP contribution in [0.25, 0.3) is 0 Å². The second kappa shape index (κ2) is 9.91. The van der Waals surface area contributed by atoms with Crippen LogP contribution < -0.4 is 15.5 Å². The largest absolute Gasteiger partial charge is 0.497 e. The van der Waals surface area contributed by atoms with E-state index in [4.69, 9.17) is 4.74 Å². The Labute approximate surface area is 200 Å². The Balaban J connectivity index is 1.66. The highest BCUT2D eigenvalue weighted by molar-refractivity contribution is 5.98. The molecule has 2 amide bonds. The molecule has 1 heterocycles. The fraction of sp³-hybridized carbons (Fsp3) is 0.250. The van der Waals surface area contributed by atoms with Gasteiger partial charge in [-0.05, 0) is 54.8 Å². The van der Waals surface area contributed by atoms with Gasteiger partial charge in [-0.2, -0.15) is 0 Å². The van der Waals surface area contributed by atoms with E-state index in [-0.39, 0.29) is 11.8 Å². The molecule has 4 rings (SSSR count). The zero-order valence-corrected chi connectivity index (χ0v) is 19.9. The number of hydrazine groups is 1. The van der Waals surface area contributed by atoms with Crippen LogP contribution in [0.3, 0.4) is 0 Å². The maximum absolute atomic E-state index is 13.0. The van der Waals surface area contributed by atoms with Gasteiger partial charge in [-0.25, -0.2) is 0 Å². The van der Waals surface area contributed by atoms with Crippen molar-refractivity contribution in [3.63, 3.8) is 0 Å².